The van der Waals surface area contributed by atoms with Gasteiger partial charge < -0.3 is 10.2 Å². The molecule has 1 aliphatic rings. The van der Waals surface area contributed by atoms with E-state index < -0.39 is 0 Å². The lowest BCUT2D eigenvalue weighted by Crippen LogP contribution is -2.59. The van der Waals surface area contributed by atoms with Crippen molar-refractivity contribution in [2.24, 2.45) is 0 Å². The summed E-state index contributed by atoms with van der Waals surface area (Å²) >= 11 is 0. The normalized spacial score (nSPS) is 20.6. The number of hydrogen-bond acceptors (Lipinski definition) is 2. The van der Waals surface area contributed by atoms with Crippen LogP contribution in [0.4, 0.5) is 0 Å². The minimum Gasteiger partial charge on any atom is -0.335 e. The molecule has 1 heterocycles. The van der Waals surface area contributed by atoms with Crippen LogP contribution in [0.1, 0.15) is 26.7 Å². The summed E-state index contributed by atoms with van der Waals surface area (Å²) in [6, 6.07) is 0. The number of nitrogens with one attached hydrogen (secondary N) is 1. The molecule has 1 amide bonds. The van der Waals surface area contributed by atoms with Crippen LogP contribution in [-0.2, 0) is 4.79 Å². The van der Waals surface area contributed by atoms with Gasteiger partial charge in [-0.3, -0.25) is 4.79 Å². The topological polar surface area (TPSA) is 32.3 Å². The van der Waals surface area contributed by atoms with Gasteiger partial charge in [-0.1, -0.05) is 6.08 Å². The van der Waals surface area contributed by atoms with Crippen molar-refractivity contribution in [1.29, 1.82) is 0 Å². The number of nitrogens with zero attached hydrogens (tertiary/aromatic N) is 1. The Bertz CT molecular complexity index is 223. The molecule has 0 radical (unpaired) electrons. The molecular formula is C11H20N2O. The molecule has 1 fully saturated rings. The van der Waals surface area contributed by atoms with Gasteiger partial charge in [0.15, 0.2) is 0 Å². The van der Waals surface area contributed by atoms with Crippen molar-refractivity contribution in [3.63, 3.8) is 0 Å². The van der Waals surface area contributed by atoms with Gasteiger partial charge in [-0.2, -0.15) is 0 Å². The van der Waals surface area contributed by atoms with E-state index in [-0.39, 0.29) is 11.4 Å². The second kappa shape index (κ2) is 4.60. The number of hydrogen-bond donors (Lipinski definition) is 1. The quantitative estimate of drug-likeness (QED) is 0.687. The molecule has 80 valence electrons. The third-order valence-corrected chi connectivity index (χ3v) is 2.66. The summed E-state index contributed by atoms with van der Waals surface area (Å²) in [5.41, 5.74) is -0.0451. The Hall–Kier alpha value is -0.830. The number of amides is 1. The van der Waals surface area contributed by atoms with Crippen LogP contribution < -0.4 is 5.32 Å². The Balaban J connectivity index is 2.55. The van der Waals surface area contributed by atoms with Gasteiger partial charge in [0.05, 0.1) is 0 Å². The van der Waals surface area contributed by atoms with E-state index in [4.69, 9.17) is 0 Å². The standard InChI is InChI=1S/C11H20N2O/c1-4-5-6-10(14)13-8-7-12-9-11(13,2)3/h4,12H,1,5-9H2,2-3H3. The van der Waals surface area contributed by atoms with Crippen LogP contribution in [0.3, 0.4) is 0 Å². The molecular weight excluding hydrogens is 176 g/mol. The zero-order valence-electron chi connectivity index (χ0n) is 9.18. The zero-order valence-corrected chi connectivity index (χ0v) is 9.18. The minimum absolute atomic E-state index is 0.0451. The summed E-state index contributed by atoms with van der Waals surface area (Å²) in [5.74, 6) is 0.247. The predicted octanol–water partition coefficient (Wildman–Crippen LogP) is 1.16. The highest BCUT2D eigenvalue weighted by Gasteiger charge is 2.32. The number of allylic oxidation sites excluding steroid dienone is 1. The average molecular weight is 196 g/mol. The van der Waals surface area contributed by atoms with E-state index in [9.17, 15) is 4.79 Å². The monoisotopic (exact) mass is 196 g/mol. The van der Waals surface area contributed by atoms with Crippen molar-refractivity contribution in [1.82, 2.24) is 10.2 Å². The fraction of sp³-hybridized carbons (Fsp3) is 0.727. The Labute approximate surface area is 86.2 Å². The van der Waals surface area contributed by atoms with Gasteiger partial charge in [0.2, 0.25) is 5.91 Å². The van der Waals surface area contributed by atoms with Gasteiger partial charge in [0.1, 0.15) is 0 Å². The maximum atomic E-state index is 11.8. The highest BCUT2D eigenvalue weighted by Crippen LogP contribution is 2.17. The fourth-order valence-electron chi connectivity index (χ4n) is 1.81. The molecule has 0 aliphatic carbocycles. The van der Waals surface area contributed by atoms with Crippen LogP contribution in [0.25, 0.3) is 0 Å². The predicted molar refractivity (Wildman–Crippen MR) is 58.1 cm³/mol. The van der Waals surface area contributed by atoms with Crippen LogP contribution in [0, 0.1) is 0 Å². The Kier molecular flexibility index (Phi) is 3.69. The number of carbonyl (C=O) groups is 1. The summed E-state index contributed by atoms with van der Waals surface area (Å²) in [7, 11) is 0. The molecule has 0 aromatic heterocycles. The number of rotatable bonds is 3. The summed E-state index contributed by atoms with van der Waals surface area (Å²) in [6.45, 7) is 10.4. The first-order chi connectivity index (χ1) is 6.58. The van der Waals surface area contributed by atoms with Crippen molar-refractivity contribution in [3.05, 3.63) is 12.7 Å². The van der Waals surface area contributed by atoms with E-state index in [0.717, 1.165) is 26.1 Å². The largest absolute Gasteiger partial charge is 0.335 e. The second-order valence-electron chi connectivity index (χ2n) is 4.36. The van der Waals surface area contributed by atoms with Gasteiger partial charge in [0, 0.05) is 31.6 Å². The molecule has 0 aromatic rings. The Morgan fingerprint density at radius 1 is 1.64 bits per heavy atom. The lowest BCUT2D eigenvalue weighted by molar-refractivity contribution is -0.137. The summed E-state index contributed by atoms with van der Waals surface area (Å²) < 4.78 is 0. The first kappa shape index (κ1) is 11.2. The third-order valence-electron chi connectivity index (χ3n) is 2.66. The molecule has 0 aromatic carbocycles. The Morgan fingerprint density at radius 3 is 2.93 bits per heavy atom. The molecule has 0 unspecified atom stereocenters. The molecule has 0 saturated carbocycles. The molecule has 3 nitrogen and oxygen atoms in total. The number of piperazine rings is 1. The maximum Gasteiger partial charge on any atom is 0.223 e. The maximum absolute atomic E-state index is 11.8. The number of carbonyl (C=O) groups excluding carboxylic acids is 1. The summed E-state index contributed by atoms with van der Waals surface area (Å²) in [5, 5.41) is 3.30. The molecule has 1 saturated heterocycles. The van der Waals surface area contributed by atoms with Crippen molar-refractivity contribution in [2.75, 3.05) is 19.6 Å². The van der Waals surface area contributed by atoms with E-state index in [1.807, 2.05) is 4.90 Å². The first-order valence-corrected chi connectivity index (χ1v) is 5.20. The highest BCUT2D eigenvalue weighted by atomic mass is 16.2. The second-order valence-corrected chi connectivity index (χ2v) is 4.36. The van der Waals surface area contributed by atoms with E-state index in [0.29, 0.717) is 6.42 Å². The third kappa shape index (κ3) is 2.58. The minimum atomic E-state index is -0.0451. The highest BCUT2D eigenvalue weighted by molar-refractivity contribution is 5.77. The van der Waals surface area contributed by atoms with Crippen molar-refractivity contribution in [2.45, 2.75) is 32.2 Å². The van der Waals surface area contributed by atoms with Gasteiger partial charge >= 0.3 is 0 Å². The SMILES string of the molecule is C=CCCC(=O)N1CCNCC1(C)C. The van der Waals surface area contributed by atoms with Crippen LogP contribution in [0.5, 0.6) is 0 Å². The van der Waals surface area contributed by atoms with Crippen LogP contribution in [0.15, 0.2) is 12.7 Å². The lowest BCUT2D eigenvalue weighted by Gasteiger charge is -2.42. The first-order valence-electron chi connectivity index (χ1n) is 5.20. The van der Waals surface area contributed by atoms with Gasteiger partial charge in [-0.25, -0.2) is 0 Å². The lowest BCUT2D eigenvalue weighted by atomic mass is 9.99. The zero-order chi connectivity index (χ0) is 10.6. The van der Waals surface area contributed by atoms with E-state index in [1.165, 1.54) is 0 Å². The summed E-state index contributed by atoms with van der Waals surface area (Å²) in [6.07, 6.45) is 3.17. The molecule has 1 N–H and O–H groups in total. The summed E-state index contributed by atoms with van der Waals surface area (Å²) in [4.78, 5) is 13.8. The molecule has 0 atom stereocenters. The molecule has 0 spiro atoms. The molecule has 14 heavy (non-hydrogen) atoms. The average Bonchev–Trinajstić information content (AvgIpc) is 2.13. The molecule has 3 heteroatoms. The van der Waals surface area contributed by atoms with Gasteiger partial charge in [-0.05, 0) is 20.3 Å². The Morgan fingerprint density at radius 2 is 2.36 bits per heavy atom. The van der Waals surface area contributed by atoms with E-state index in [2.05, 4.69) is 25.7 Å². The molecule has 0 bridgehead atoms. The van der Waals surface area contributed by atoms with E-state index >= 15 is 0 Å². The van der Waals surface area contributed by atoms with Crippen LogP contribution in [0.2, 0.25) is 0 Å². The van der Waals surface area contributed by atoms with Crippen molar-refractivity contribution < 1.29 is 4.79 Å². The van der Waals surface area contributed by atoms with Crippen LogP contribution in [-0.4, -0.2) is 36.0 Å². The molecule has 1 rings (SSSR count). The molecule has 1 aliphatic heterocycles. The fourth-order valence-corrected chi connectivity index (χ4v) is 1.81. The van der Waals surface area contributed by atoms with Crippen LogP contribution >= 0.6 is 0 Å². The van der Waals surface area contributed by atoms with E-state index in [1.54, 1.807) is 6.08 Å². The van der Waals surface area contributed by atoms with Crippen molar-refractivity contribution in [3.8, 4) is 0 Å². The smallest absolute Gasteiger partial charge is 0.223 e. The van der Waals surface area contributed by atoms with Crippen molar-refractivity contribution >= 4 is 5.91 Å². The van der Waals surface area contributed by atoms with Gasteiger partial charge in [-0.15, -0.1) is 6.58 Å². The van der Waals surface area contributed by atoms with Gasteiger partial charge in [0.25, 0.3) is 0 Å².